The first-order valence-corrected chi connectivity index (χ1v) is 7.87. The van der Waals surface area contributed by atoms with Crippen LogP contribution >= 0.6 is 0 Å². The Hall–Kier alpha value is -2.14. The van der Waals surface area contributed by atoms with Gasteiger partial charge in [-0.15, -0.1) is 0 Å². The minimum atomic E-state index is 0.497. The van der Waals surface area contributed by atoms with Crippen LogP contribution in [0.1, 0.15) is 26.1 Å². The van der Waals surface area contributed by atoms with Crippen LogP contribution in [0.25, 0.3) is 21.9 Å². The molecule has 3 rings (SSSR count). The average Bonchev–Trinajstić information content (AvgIpc) is 2.91. The molecular formula is C17H22N4O. The number of para-hydroxylation sites is 1. The molecule has 0 bridgehead atoms. The summed E-state index contributed by atoms with van der Waals surface area (Å²) >= 11 is 0. The summed E-state index contributed by atoms with van der Waals surface area (Å²) in [6.07, 6.45) is 1.89. The number of nitrogen functional groups attached to an aromatic ring is 1. The lowest BCUT2D eigenvalue weighted by Gasteiger charge is -2.10. The predicted molar refractivity (Wildman–Crippen MR) is 89.9 cm³/mol. The number of rotatable bonds is 6. The second kappa shape index (κ2) is 6.32. The molecular weight excluding hydrogens is 276 g/mol. The zero-order valence-corrected chi connectivity index (χ0v) is 13.2. The van der Waals surface area contributed by atoms with E-state index in [0.29, 0.717) is 12.4 Å². The molecule has 2 N–H and O–H groups in total. The first-order valence-electron chi connectivity index (χ1n) is 7.87. The first-order chi connectivity index (χ1) is 10.8. The van der Waals surface area contributed by atoms with E-state index in [1.807, 2.05) is 18.2 Å². The molecule has 0 unspecified atom stereocenters. The summed E-state index contributed by atoms with van der Waals surface area (Å²) < 4.78 is 7.88. The Kier molecular flexibility index (Phi) is 4.24. The molecule has 2 heterocycles. The van der Waals surface area contributed by atoms with E-state index in [4.69, 9.17) is 15.5 Å². The Bertz CT molecular complexity index is 794. The van der Waals surface area contributed by atoms with Crippen LogP contribution in [0.15, 0.2) is 24.3 Å². The molecule has 0 saturated heterocycles. The Labute approximate surface area is 130 Å². The molecule has 0 atom stereocenters. The lowest BCUT2D eigenvalue weighted by molar-refractivity contribution is 0.127. The van der Waals surface area contributed by atoms with Gasteiger partial charge in [-0.25, -0.2) is 9.97 Å². The van der Waals surface area contributed by atoms with Crippen molar-refractivity contribution in [1.29, 1.82) is 0 Å². The van der Waals surface area contributed by atoms with Crippen molar-refractivity contribution in [2.75, 3.05) is 18.9 Å². The summed E-state index contributed by atoms with van der Waals surface area (Å²) in [5, 5.41) is 1.09. The minimum Gasteiger partial charge on any atom is -0.382 e. The maximum atomic E-state index is 6.12. The SMILES string of the molecule is CCCOCCn1c(CC)nc2c(N)nc3ccccc3c21. The van der Waals surface area contributed by atoms with Gasteiger partial charge in [-0.1, -0.05) is 32.0 Å². The fraction of sp³-hybridized carbons (Fsp3) is 0.412. The number of aromatic nitrogens is 3. The van der Waals surface area contributed by atoms with Gasteiger partial charge in [0, 0.05) is 25.0 Å². The van der Waals surface area contributed by atoms with E-state index < -0.39 is 0 Å². The maximum Gasteiger partial charge on any atom is 0.152 e. The molecule has 5 heteroatoms. The van der Waals surface area contributed by atoms with E-state index >= 15 is 0 Å². The number of pyridine rings is 1. The molecule has 5 nitrogen and oxygen atoms in total. The molecule has 0 spiro atoms. The molecule has 22 heavy (non-hydrogen) atoms. The van der Waals surface area contributed by atoms with Crippen molar-refractivity contribution in [3.63, 3.8) is 0 Å². The Morgan fingerprint density at radius 3 is 2.73 bits per heavy atom. The highest BCUT2D eigenvalue weighted by atomic mass is 16.5. The van der Waals surface area contributed by atoms with Crippen molar-refractivity contribution >= 4 is 27.8 Å². The fourth-order valence-corrected chi connectivity index (χ4v) is 2.82. The van der Waals surface area contributed by atoms with Gasteiger partial charge >= 0.3 is 0 Å². The molecule has 0 fully saturated rings. The van der Waals surface area contributed by atoms with E-state index in [1.54, 1.807) is 0 Å². The molecule has 0 amide bonds. The van der Waals surface area contributed by atoms with Crippen molar-refractivity contribution in [3.05, 3.63) is 30.1 Å². The van der Waals surface area contributed by atoms with Gasteiger partial charge in [-0.2, -0.15) is 0 Å². The highest BCUT2D eigenvalue weighted by molar-refractivity contribution is 6.06. The van der Waals surface area contributed by atoms with Crippen LogP contribution in [0.4, 0.5) is 5.82 Å². The highest BCUT2D eigenvalue weighted by Crippen LogP contribution is 2.28. The van der Waals surface area contributed by atoms with Gasteiger partial charge in [0.2, 0.25) is 0 Å². The van der Waals surface area contributed by atoms with E-state index in [9.17, 15) is 0 Å². The second-order valence-corrected chi connectivity index (χ2v) is 5.36. The van der Waals surface area contributed by atoms with E-state index in [-0.39, 0.29) is 0 Å². The van der Waals surface area contributed by atoms with Gasteiger partial charge in [-0.3, -0.25) is 0 Å². The topological polar surface area (TPSA) is 66.0 Å². The van der Waals surface area contributed by atoms with Crippen molar-refractivity contribution in [2.24, 2.45) is 0 Å². The number of hydrogen-bond donors (Lipinski definition) is 1. The zero-order valence-electron chi connectivity index (χ0n) is 13.2. The summed E-state index contributed by atoms with van der Waals surface area (Å²) in [6.45, 7) is 6.48. The number of nitrogens with zero attached hydrogens (tertiary/aromatic N) is 3. The van der Waals surface area contributed by atoms with Gasteiger partial charge in [0.1, 0.15) is 11.3 Å². The van der Waals surface area contributed by atoms with Crippen LogP contribution in [0, 0.1) is 0 Å². The maximum absolute atomic E-state index is 6.12. The third kappa shape index (κ3) is 2.52. The quantitative estimate of drug-likeness (QED) is 0.710. The molecule has 0 aliphatic carbocycles. The zero-order chi connectivity index (χ0) is 15.5. The minimum absolute atomic E-state index is 0.497. The normalized spacial score (nSPS) is 11.5. The largest absolute Gasteiger partial charge is 0.382 e. The molecule has 116 valence electrons. The van der Waals surface area contributed by atoms with Gasteiger partial charge < -0.3 is 15.0 Å². The molecule has 3 aromatic rings. The van der Waals surface area contributed by atoms with Crippen molar-refractivity contribution in [2.45, 2.75) is 33.2 Å². The van der Waals surface area contributed by atoms with Crippen molar-refractivity contribution in [3.8, 4) is 0 Å². The number of imidazole rings is 1. The van der Waals surface area contributed by atoms with Gasteiger partial charge in [-0.05, 0) is 12.5 Å². The Morgan fingerprint density at radius 2 is 1.95 bits per heavy atom. The fourth-order valence-electron chi connectivity index (χ4n) is 2.82. The van der Waals surface area contributed by atoms with E-state index in [2.05, 4.69) is 29.5 Å². The van der Waals surface area contributed by atoms with Gasteiger partial charge in [0.25, 0.3) is 0 Å². The van der Waals surface area contributed by atoms with Crippen LogP contribution in [0.3, 0.4) is 0 Å². The molecule has 0 aliphatic rings. The molecule has 1 aromatic carbocycles. The Morgan fingerprint density at radius 1 is 1.14 bits per heavy atom. The Balaban J connectivity index is 2.15. The van der Waals surface area contributed by atoms with Gasteiger partial charge in [0.05, 0.1) is 17.6 Å². The lowest BCUT2D eigenvalue weighted by atomic mass is 10.2. The van der Waals surface area contributed by atoms with Crippen LogP contribution in [0.2, 0.25) is 0 Å². The van der Waals surface area contributed by atoms with E-state index in [0.717, 1.165) is 53.8 Å². The van der Waals surface area contributed by atoms with Gasteiger partial charge in [0.15, 0.2) is 5.82 Å². The number of fused-ring (bicyclic) bond motifs is 3. The smallest absolute Gasteiger partial charge is 0.152 e. The average molecular weight is 298 g/mol. The van der Waals surface area contributed by atoms with E-state index in [1.165, 1.54) is 0 Å². The summed E-state index contributed by atoms with van der Waals surface area (Å²) in [5.41, 5.74) is 8.89. The third-order valence-corrected chi connectivity index (χ3v) is 3.81. The van der Waals surface area contributed by atoms with Crippen molar-refractivity contribution < 1.29 is 4.74 Å². The van der Waals surface area contributed by atoms with Crippen LogP contribution in [-0.4, -0.2) is 27.7 Å². The standard InChI is InChI=1S/C17H22N4O/c1-3-10-22-11-9-21-14(4-2)20-15-16(21)12-7-5-6-8-13(12)19-17(15)18/h5-8H,3-4,9-11H2,1-2H3,(H2,18,19). The van der Waals surface area contributed by atoms with Crippen LogP contribution in [-0.2, 0) is 17.7 Å². The summed E-state index contributed by atoms with van der Waals surface area (Å²) in [7, 11) is 0. The monoisotopic (exact) mass is 298 g/mol. The second-order valence-electron chi connectivity index (χ2n) is 5.36. The van der Waals surface area contributed by atoms with Crippen LogP contribution < -0.4 is 5.73 Å². The lowest BCUT2D eigenvalue weighted by Crippen LogP contribution is -2.09. The summed E-state index contributed by atoms with van der Waals surface area (Å²) in [6, 6.07) is 8.07. The molecule has 0 aliphatic heterocycles. The number of nitrogens with two attached hydrogens (primary N) is 1. The molecule has 0 radical (unpaired) electrons. The predicted octanol–water partition coefficient (Wildman–Crippen LogP) is 3.16. The third-order valence-electron chi connectivity index (χ3n) is 3.81. The molecule has 0 saturated carbocycles. The summed E-state index contributed by atoms with van der Waals surface area (Å²) in [4.78, 5) is 9.17. The highest BCUT2D eigenvalue weighted by Gasteiger charge is 2.15. The van der Waals surface area contributed by atoms with Crippen LogP contribution in [0.5, 0.6) is 0 Å². The first kappa shape index (κ1) is 14.8. The number of anilines is 1. The molecule has 2 aromatic heterocycles. The number of hydrogen-bond acceptors (Lipinski definition) is 4. The summed E-state index contributed by atoms with van der Waals surface area (Å²) in [5.74, 6) is 1.52. The van der Waals surface area contributed by atoms with Crippen molar-refractivity contribution in [1.82, 2.24) is 14.5 Å². The number of benzene rings is 1. The number of aryl methyl sites for hydroxylation is 1. The number of ether oxygens (including phenoxy) is 1.